The van der Waals surface area contributed by atoms with Crippen molar-refractivity contribution in [2.45, 2.75) is 38.1 Å². The predicted molar refractivity (Wildman–Crippen MR) is 76.4 cm³/mol. The number of rotatable bonds is 6. The molecule has 4 heteroatoms. The first kappa shape index (κ1) is 13.1. The Hall–Kier alpha value is -0.930. The lowest BCUT2D eigenvalue weighted by molar-refractivity contribution is 0.171. The number of hydrogen-bond acceptors (Lipinski definition) is 3. The van der Waals surface area contributed by atoms with E-state index in [1.807, 2.05) is 12.1 Å². The molecule has 0 spiro atoms. The first-order valence-electron chi connectivity index (χ1n) is 7.14. The molecule has 1 aliphatic heterocycles. The van der Waals surface area contributed by atoms with E-state index in [-0.39, 0.29) is 0 Å². The Morgan fingerprint density at radius 3 is 2.58 bits per heavy atom. The number of fused-ring (bicyclic) bond motifs is 1. The number of benzene rings is 1. The highest BCUT2D eigenvalue weighted by molar-refractivity contribution is 6.31. The molecular formula is C15H20ClNO2. The van der Waals surface area contributed by atoms with Crippen molar-refractivity contribution in [1.29, 1.82) is 0 Å². The van der Waals surface area contributed by atoms with Crippen LogP contribution < -0.4 is 14.8 Å². The average Bonchev–Trinajstić information content (AvgIpc) is 3.23. The first-order chi connectivity index (χ1) is 9.33. The van der Waals surface area contributed by atoms with Crippen LogP contribution in [0.1, 0.15) is 31.2 Å². The van der Waals surface area contributed by atoms with Crippen LogP contribution in [0.4, 0.5) is 0 Å². The summed E-state index contributed by atoms with van der Waals surface area (Å²) in [7, 11) is 0. The van der Waals surface area contributed by atoms with Gasteiger partial charge in [-0.3, -0.25) is 0 Å². The Morgan fingerprint density at radius 2 is 1.84 bits per heavy atom. The molecule has 1 N–H and O–H groups in total. The van der Waals surface area contributed by atoms with Gasteiger partial charge in [0.05, 0.1) is 0 Å². The average molecular weight is 282 g/mol. The second-order valence-electron chi connectivity index (χ2n) is 5.27. The summed E-state index contributed by atoms with van der Waals surface area (Å²) in [5, 5.41) is 4.32. The minimum Gasteiger partial charge on any atom is -0.486 e. The highest BCUT2D eigenvalue weighted by Crippen LogP contribution is 2.35. The van der Waals surface area contributed by atoms with Crippen LogP contribution in [0.3, 0.4) is 0 Å². The Kier molecular flexibility index (Phi) is 4.14. The third kappa shape index (κ3) is 3.54. The van der Waals surface area contributed by atoms with Crippen molar-refractivity contribution in [3.63, 3.8) is 0 Å². The molecular weight excluding hydrogens is 262 g/mol. The lowest BCUT2D eigenvalue weighted by Gasteiger charge is -2.19. The summed E-state index contributed by atoms with van der Waals surface area (Å²) in [6.45, 7) is 2.35. The third-order valence-corrected chi connectivity index (χ3v) is 3.95. The van der Waals surface area contributed by atoms with Crippen LogP contribution in [0.5, 0.6) is 11.5 Å². The van der Waals surface area contributed by atoms with Gasteiger partial charge in [0, 0.05) is 17.1 Å². The van der Waals surface area contributed by atoms with Gasteiger partial charge in [-0.1, -0.05) is 11.6 Å². The Bertz CT molecular complexity index is 446. The van der Waals surface area contributed by atoms with Crippen molar-refractivity contribution < 1.29 is 9.47 Å². The number of unbranched alkanes of at least 4 members (excludes halogenated alkanes) is 1. The summed E-state index contributed by atoms with van der Waals surface area (Å²) in [6.07, 6.45) is 6.06. The Morgan fingerprint density at radius 1 is 1.11 bits per heavy atom. The zero-order valence-corrected chi connectivity index (χ0v) is 11.8. The summed E-state index contributed by atoms with van der Waals surface area (Å²) in [5.74, 6) is 1.61. The SMILES string of the molecule is Clc1cc2c(cc1CCCCNC1CC1)OCCO2. The topological polar surface area (TPSA) is 30.5 Å². The summed E-state index contributed by atoms with van der Waals surface area (Å²) in [4.78, 5) is 0. The smallest absolute Gasteiger partial charge is 0.162 e. The van der Waals surface area contributed by atoms with E-state index < -0.39 is 0 Å². The van der Waals surface area contributed by atoms with Crippen LogP contribution in [-0.2, 0) is 6.42 Å². The van der Waals surface area contributed by atoms with E-state index in [0.717, 1.165) is 47.5 Å². The quantitative estimate of drug-likeness (QED) is 0.813. The van der Waals surface area contributed by atoms with Crippen molar-refractivity contribution >= 4 is 11.6 Å². The number of aryl methyl sites for hydroxylation is 1. The second-order valence-corrected chi connectivity index (χ2v) is 5.68. The molecule has 3 rings (SSSR count). The third-order valence-electron chi connectivity index (χ3n) is 3.59. The van der Waals surface area contributed by atoms with Crippen LogP contribution in [-0.4, -0.2) is 25.8 Å². The Labute approximate surface area is 119 Å². The van der Waals surface area contributed by atoms with Gasteiger partial charge in [0.2, 0.25) is 0 Å². The summed E-state index contributed by atoms with van der Waals surface area (Å²) in [6, 6.07) is 4.72. The summed E-state index contributed by atoms with van der Waals surface area (Å²) >= 11 is 6.28. The van der Waals surface area contributed by atoms with Gasteiger partial charge in [-0.05, 0) is 50.3 Å². The van der Waals surface area contributed by atoms with Crippen molar-refractivity contribution in [2.24, 2.45) is 0 Å². The minimum atomic E-state index is 0.607. The molecule has 0 atom stereocenters. The maximum absolute atomic E-state index is 6.28. The molecule has 1 aromatic carbocycles. The van der Waals surface area contributed by atoms with Gasteiger partial charge in [0.1, 0.15) is 13.2 Å². The fourth-order valence-electron chi connectivity index (χ4n) is 2.33. The highest BCUT2D eigenvalue weighted by Gasteiger charge is 2.19. The van der Waals surface area contributed by atoms with E-state index in [4.69, 9.17) is 21.1 Å². The van der Waals surface area contributed by atoms with Crippen molar-refractivity contribution in [2.75, 3.05) is 19.8 Å². The molecule has 0 amide bonds. The van der Waals surface area contributed by atoms with Crippen LogP contribution >= 0.6 is 11.6 Å². The maximum atomic E-state index is 6.28. The molecule has 1 saturated carbocycles. The van der Waals surface area contributed by atoms with Gasteiger partial charge in [0.15, 0.2) is 11.5 Å². The molecule has 3 nitrogen and oxygen atoms in total. The molecule has 1 heterocycles. The van der Waals surface area contributed by atoms with Gasteiger partial charge in [-0.2, -0.15) is 0 Å². The molecule has 0 bridgehead atoms. The number of hydrogen-bond donors (Lipinski definition) is 1. The van der Waals surface area contributed by atoms with E-state index in [1.165, 1.54) is 19.3 Å². The van der Waals surface area contributed by atoms with Gasteiger partial charge >= 0.3 is 0 Å². The molecule has 1 fully saturated rings. The fraction of sp³-hybridized carbons (Fsp3) is 0.600. The van der Waals surface area contributed by atoms with Crippen LogP contribution in [0.2, 0.25) is 5.02 Å². The molecule has 1 aliphatic carbocycles. The normalized spacial score (nSPS) is 17.5. The minimum absolute atomic E-state index is 0.607. The van der Waals surface area contributed by atoms with Gasteiger partial charge in [-0.15, -0.1) is 0 Å². The molecule has 2 aliphatic rings. The van der Waals surface area contributed by atoms with Gasteiger partial charge < -0.3 is 14.8 Å². The van der Waals surface area contributed by atoms with Crippen LogP contribution in [0.15, 0.2) is 12.1 Å². The molecule has 0 radical (unpaired) electrons. The largest absolute Gasteiger partial charge is 0.486 e. The fourth-order valence-corrected chi connectivity index (χ4v) is 2.58. The van der Waals surface area contributed by atoms with E-state index in [1.54, 1.807) is 0 Å². The van der Waals surface area contributed by atoms with Crippen LogP contribution in [0.25, 0.3) is 0 Å². The molecule has 1 aromatic rings. The van der Waals surface area contributed by atoms with Crippen LogP contribution in [0, 0.1) is 0 Å². The molecule has 0 unspecified atom stereocenters. The van der Waals surface area contributed by atoms with E-state index in [9.17, 15) is 0 Å². The van der Waals surface area contributed by atoms with Crippen molar-refractivity contribution in [3.05, 3.63) is 22.7 Å². The van der Waals surface area contributed by atoms with Gasteiger partial charge in [-0.25, -0.2) is 0 Å². The lowest BCUT2D eigenvalue weighted by Crippen LogP contribution is -2.17. The van der Waals surface area contributed by atoms with Gasteiger partial charge in [0.25, 0.3) is 0 Å². The predicted octanol–water partition coefficient (Wildman–Crippen LogP) is 3.19. The van der Waals surface area contributed by atoms with Crippen molar-refractivity contribution in [1.82, 2.24) is 5.32 Å². The maximum Gasteiger partial charge on any atom is 0.162 e. The molecule has 104 valence electrons. The molecule has 19 heavy (non-hydrogen) atoms. The lowest BCUT2D eigenvalue weighted by atomic mass is 10.1. The standard InChI is InChI=1S/C15H20ClNO2/c16-13-10-15-14(18-7-8-19-15)9-11(13)3-1-2-6-17-12-4-5-12/h9-10,12,17H,1-8H2. The van der Waals surface area contributed by atoms with E-state index >= 15 is 0 Å². The number of nitrogens with one attached hydrogen (secondary N) is 1. The summed E-state index contributed by atoms with van der Waals surface area (Å²) in [5.41, 5.74) is 1.16. The second kappa shape index (κ2) is 6.02. The van der Waals surface area contributed by atoms with Crippen molar-refractivity contribution in [3.8, 4) is 11.5 Å². The highest BCUT2D eigenvalue weighted by atomic mass is 35.5. The molecule has 0 saturated heterocycles. The van der Waals surface area contributed by atoms with E-state index in [2.05, 4.69) is 5.32 Å². The van der Waals surface area contributed by atoms with E-state index in [0.29, 0.717) is 13.2 Å². The first-order valence-corrected chi connectivity index (χ1v) is 7.52. The summed E-state index contributed by atoms with van der Waals surface area (Å²) < 4.78 is 11.1. The molecule has 0 aromatic heterocycles. The Balaban J connectivity index is 1.51. The zero-order chi connectivity index (χ0) is 13.1. The zero-order valence-electron chi connectivity index (χ0n) is 11.1. The number of halogens is 1. The number of ether oxygens (including phenoxy) is 2. The monoisotopic (exact) mass is 281 g/mol.